The highest BCUT2D eigenvalue weighted by Crippen LogP contribution is 2.33. The van der Waals surface area contributed by atoms with E-state index in [1.54, 1.807) is 9.31 Å². The van der Waals surface area contributed by atoms with Gasteiger partial charge in [-0.2, -0.15) is 0 Å². The monoisotopic (exact) mass is 381 g/mol. The first kappa shape index (κ1) is 14.0. The number of carbonyl (C=O) groups excluding carboxylic acids is 1. The normalized spacial score (nSPS) is 19.6. The number of halogens is 1. The highest BCUT2D eigenvalue weighted by Gasteiger charge is 2.35. The molecule has 7 heteroatoms. The van der Waals surface area contributed by atoms with Crippen LogP contribution in [0.2, 0.25) is 0 Å². The second-order valence-electron chi connectivity index (χ2n) is 4.31. The molecule has 1 unspecified atom stereocenters. The summed E-state index contributed by atoms with van der Waals surface area (Å²) in [5.74, 6) is -0.0448. The Hall–Kier alpha value is -0.410. The molecule has 1 aliphatic heterocycles. The topological polar surface area (TPSA) is 48.6 Å². The van der Waals surface area contributed by atoms with Gasteiger partial charge < -0.3 is 14.6 Å². The Balaban J connectivity index is 2.14. The summed E-state index contributed by atoms with van der Waals surface area (Å²) in [6.45, 7) is 5.32. The Morgan fingerprint density at radius 2 is 2.33 bits per heavy atom. The molecule has 0 radical (unpaired) electrons. The van der Waals surface area contributed by atoms with Gasteiger partial charge in [0.2, 0.25) is 0 Å². The van der Waals surface area contributed by atoms with Crippen molar-refractivity contribution >= 4 is 47.1 Å². The van der Waals surface area contributed by atoms with E-state index >= 15 is 0 Å². The predicted octanol–water partition coefficient (Wildman–Crippen LogP) is 2.27. The number of hydrogen-bond acceptors (Lipinski definition) is 4. The number of H-pyrrole nitrogens is 1. The Kier molecular flexibility index (Phi) is 4.44. The van der Waals surface area contributed by atoms with Crippen LogP contribution in [-0.4, -0.2) is 38.8 Å². The van der Waals surface area contributed by atoms with Crippen LogP contribution in [0, 0.1) is 0 Å². The number of carbonyl (C=O) groups is 1. The number of aromatic nitrogens is 1. The summed E-state index contributed by atoms with van der Waals surface area (Å²) >= 11 is 6.48. The van der Waals surface area contributed by atoms with Crippen LogP contribution in [0.25, 0.3) is 0 Å². The molecule has 1 N–H and O–H groups in total. The van der Waals surface area contributed by atoms with Crippen molar-refractivity contribution in [3.63, 3.8) is 0 Å². The van der Waals surface area contributed by atoms with E-state index in [4.69, 9.17) is 4.74 Å². The largest absolute Gasteiger partial charge is 0.377 e. The van der Waals surface area contributed by atoms with Crippen molar-refractivity contribution in [1.82, 2.24) is 8.10 Å². The molecule has 0 saturated heterocycles. The van der Waals surface area contributed by atoms with Crippen LogP contribution in [-0.2, 0) is 4.74 Å². The molecule has 0 bridgehead atoms. The lowest BCUT2D eigenvalue weighted by Gasteiger charge is -2.38. The average Bonchev–Trinajstić information content (AvgIpc) is 2.79. The van der Waals surface area contributed by atoms with Gasteiger partial charge in [0.25, 0.3) is 5.91 Å². The highest BCUT2D eigenvalue weighted by molar-refractivity contribution is 14.1. The van der Waals surface area contributed by atoms with E-state index in [2.05, 4.69) is 17.6 Å². The van der Waals surface area contributed by atoms with Gasteiger partial charge in [0.15, 0.2) is 5.50 Å². The van der Waals surface area contributed by atoms with Crippen LogP contribution >= 0.6 is 35.5 Å². The van der Waals surface area contributed by atoms with E-state index in [1.165, 1.54) is 0 Å². The number of rotatable bonds is 4. The zero-order valence-electron chi connectivity index (χ0n) is 10.3. The van der Waals surface area contributed by atoms with Gasteiger partial charge in [0, 0.05) is 12.7 Å². The lowest BCUT2D eigenvalue weighted by Crippen LogP contribution is -2.49. The van der Waals surface area contributed by atoms with Crippen molar-refractivity contribution in [2.75, 3.05) is 18.1 Å². The minimum absolute atomic E-state index is 0.0448. The molecule has 0 aromatic carbocycles. The number of amides is 1. The minimum atomic E-state index is -0.267. The first-order chi connectivity index (χ1) is 8.52. The molecule has 2 heterocycles. The Bertz CT molecular complexity index is 438. The van der Waals surface area contributed by atoms with Crippen molar-refractivity contribution in [3.05, 3.63) is 18.0 Å². The van der Waals surface area contributed by atoms with Crippen LogP contribution in [0.4, 0.5) is 5.69 Å². The van der Waals surface area contributed by atoms with E-state index in [-0.39, 0.29) is 17.5 Å². The molecule has 1 amide bonds. The molecule has 100 valence electrons. The summed E-state index contributed by atoms with van der Waals surface area (Å²) in [4.78, 5) is 17.0. The number of anilines is 1. The summed E-state index contributed by atoms with van der Waals surface area (Å²) < 4.78 is 7.13. The molecular weight excluding hydrogens is 365 g/mol. The van der Waals surface area contributed by atoms with Crippen molar-refractivity contribution < 1.29 is 9.53 Å². The molecule has 0 aliphatic carbocycles. The summed E-state index contributed by atoms with van der Waals surface area (Å²) in [5, 5.41) is 0. The van der Waals surface area contributed by atoms with Gasteiger partial charge in [0.05, 0.1) is 41.3 Å². The second-order valence-corrected chi connectivity index (χ2v) is 5.81. The van der Waals surface area contributed by atoms with Gasteiger partial charge in [-0.15, -0.1) is 12.6 Å². The number of aromatic amines is 1. The van der Waals surface area contributed by atoms with Crippen molar-refractivity contribution in [1.29, 1.82) is 0 Å². The van der Waals surface area contributed by atoms with Gasteiger partial charge >= 0.3 is 0 Å². The van der Waals surface area contributed by atoms with Crippen LogP contribution < -0.4 is 4.90 Å². The average molecular weight is 381 g/mol. The lowest BCUT2D eigenvalue weighted by atomic mass is 10.2. The van der Waals surface area contributed by atoms with Crippen LogP contribution in [0.3, 0.4) is 0 Å². The fourth-order valence-electron chi connectivity index (χ4n) is 1.85. The number of thiol groups is 1. The van der Waals surface area contributed by atoms with Gasteiger partial charge in [-0.05, 0) is 19.9 Å². The summed E-state index contributed by atoms with van der Waals surface area (Å²) in [5.41, 5.74) is 1.23. The fraction of sp³-hybridized carbons (Fsp3) is 0.545. The quantitative estimate of drug-likeness (QED) is 0.478. The minimum Gasteiger partial charge on any atom is -0.377 e. The molecule has 18 heavy (non-hydrogen) atoms. The SMILES string of the molecule is CC(C)OCCN1c2cc[nH]c2C(=O)N(I)C1S. The van der Waals surface area contributed by atoms with E-state index < -0.39 is 0 Å². The Morgan fingerprint density at radius 1 is 1.61 bits per heavy atom. The second kappa shape index (κ2) is 5.70. The number of fused-ring (bicyclic) bond motifs is 1. The Labute approximate surface area is 126 Å². The Morgan fingerprint density at radius 3 is 3.00 bits per heavy atom. The third kappa shape index (κ3) is 2.62. The van der Waals surface area contributed by atoms with Crippen molar-refractivity contribution in [2.24, 2.45) is 0 Å². The molecule has 1 aromatic heterocycles. The molecule has 0 fully saturated rings. The molecule has 1 atom stereocenters. The predicted molar refractivity (Wildman–Crippen MR) is 82.2 cm³/mol. The maximum Gasteiger partial charge on any atom is 0.283 e. The third-order valence-corrected chi connectivity index (χ3v) is 4.62. The number of nitrogens with zero attached hydrogens (tertiary/aromatic N) is 2. The molecular formula is C11H16IN3O2S. The highest BCUT2D eigenvalue weighted by atomic mass is 127. The third-order valence-electron chi connectivity index (χ3n) is 2.71. The number of hydrogen-bond donors (Lipinski definition) is 2. The van der Waals surface area contributed by atoms with Gasteiger partial charge in [0.1, 0.15) is 5.69 Å². The first-order valence-corrected chi connectivity index (χ1v) is 7.23. The molecule has 5 nitrogen and oxygen atoms in total. The molecule has 0 spiro atoms. The first-order valence-electron chi connectivity index (χ1n) is 5.75. The number of ether oxygens (including phenoxy) is 1. The van der Waals surface area contributed by atoms with Crippen LogP contribution in [0.1, 0.15) is 24.3 Å². The van der Waals surface area contributed by atoms with Crippen molar-refractivity contribution in [3.8, 4) is 0 Å². The molecule has 0 saturated carbocycles. The van der Waals surface area contributed by atoms with E-state index in [9.17, 15) is 4.79 Å². The summed E-state index contributed by atoms with van der Waals surface area (Å²) in [6.07, 6.45) is 1.98. The van der Waals surface area contributed by atoms with Crippen molar-refractivity contribution in [2.45, 2.75) is 25.4 Å². The van der Waals surface area contributed by atoms with E-state index in [0.717, 1.165) is 5.69 Å². The summed E-state index contributed by atoms with van der Waals surface area (Å²) in [7, 11) is 0. The zero-order valence-corrected chi connectivity index (χ0v) is 13.3. The van der Waals surface area contributed by atoms with E-state index in [1.807, 2.05) is 47.7 Å². The number of nitrogens with one attached hydrogen (secondary N) is 1. The van der Waals surface area contributed by atoms with Gasteiger partial charge in [-0.1, -0.05) is 0 Å². The smallest absolute Gasteiger partial charge is 0.283 e. The lowest BCUT2D eigenvalue weighted by molar-refractivity contribution is 0.0786. The molecule has 2 rings (SSSR count). The standard InChI is InChI=1S/C11H16IN3O2S/c1-7(2)17-6-5-14-8-3-4-13-9(8)10(16)15(12)11(14)18/h3-4,7,11,13,18H,5-6H2,1-2H3. The van der Waals surface area contributed by atoms with Gasteiger partial charge in [-0.3, -0.25) is 4.79 Å². The summed E-state index contributed by atoms with van der Waals surface area (Å²) in [6, 6.07) is 1.90. The van der Waals surface area contributed by atoms with Gasteiger partial charge in [-0.25, -0.2) is 3.11 Å². The van der Waals surface area contributed by atoms with Crippen LogP contribution in [0.5, 0.6) is 0 Å². The molecule has 1 aliphatic rings. The maximum atomic E-state index is 12.0. The van der Waals surface area contributed by atoms with Crippen LogP contribution in [0.15, 0.2) is 12.3 Å². The van der Waals surface area contributed by atoms with E-state index in [0.29, 0.717) is 18.8 Å². The molecule has 1 aromatic rings. The maximum absolute atomic E-state index is 12.0. The fourth-order valence-corrected chi connectivity index (χ4v) is 2.74. The zero-order chi connectivity index (χ0) is 13.3.